The van der Waals surface area contributed by atoms with Crippen molar-refractivity contribution in [2.45, 2.75) is 56.5 Å². The number of aliphatic hydroxyl groups excluding tert-OH is 1. The summed E-state index contributed by atoms with van der Waals surface area (Å²) < 4.78 is 82.2. The molecule has 0 spiro atoms. The Morgan fingerprint density at radius 3 is 2.04 bits per heavy atom. The maximum absolute atomic E-state index is 14.2. The summed E-state index contributed by atoms with van der Waals surface area (Å²) in [7, 11) is 0. The van der Waals surface area contributed by atoms with Gasteiger partial charge in [-0.05, 0) is 64.4 Å². The minimum Gasteiger partial charge on any atom is -0.392 e. The van der Waals surface area contributed by atoms with Crippen molar-refractivity contribution in [1.82, 2.24) is 10.2 Å². The van der Waals surface area contributed by atoms with E-state index in [1.807, 2.05) is 66.7 Å². The zero-order valence-electron chi connectivity index (χ0n) is 30.0. The fourth-order valence-electron chi connectivity index (χ4n) is 7.24. The van der Waals surface area contributed by atoms with E-state index < -0.39 is 52.4 Å². The molecule has 0 bridgehead atoms. The highest BCUT2D eigenvalue weighted by Crippen LogP contribution is 2.40. The molecule has 0 aromatic heterocycles. The molecule has 3 N–H and O–H groups in total. The Balaban J connectivity index is 1.04. The SMILES string of the molecule is O=C(NCc1cccc(-c2ccc(C3OC(CN4CCC(O)(c5ccc(Cl)cc5)CC4)CC(c4ccc(CO)cc4)O3)cc2)c1)c1c(F)c(F)c(F)c(F)c1F. The van der Waals surface area contributed by atoms with Crippen molar-refractivity contribution >= 4 is 17.5 Å². The predicted octanol–water partition coefficient (Wildman–Crippen LogP) is 8.65. The van der Waals surface area contributed by atoms with Crippen LogP contribution >= 0.6 is 11.6 Å². The number of piperidine rings is 1. The predicted molar refractivity (Wildman–Crippen MR) is 199 cm³/mol. The number of aliphatic hydroxyl groups is 2. The van der Waals surface area contributed by atoms with E-state index in [2.05, 4.69) is 10.2 Å². The number of nitrogens with zero attached hydrogens (tertiary/aromatic N) is 1. The maximum atomic E-state index is 14.2. The van der Waals surface area contributed by atoms with E-state index in [1.54, 1.807) is 30.3 Å². The number of amides is 1. The Morgan fingerprint density at radius 2 is 1.39 bits per heavy atom. The first-order valence-corrected chi connectivity index (χ1v) is 18.5. The summed E-state index contributed by atoms with van der Waals surface area (Å²) in [5.41, 5.74) is 2.95. The number of carbonyl (C=O) groups is 1. The van der Waals surface area contributed by atoms with Gasteiger partial charge in [0.1, 0.15) is 5.56 Å². The molecule has 2 aliphatic rings. The van der Waals surface area contributed by atoms with Crippen LogP contribution in [0.3, 0.4) is 0 Å². The lowest BCUT2D eigenvalue weighted by Gasteiger charge is -2.42. The van der Waals surface area contributed by atoms with E-state index in [4.69, 9.17) is 21.1 Å². The number of benzene rings is 5. The van der Waals surface area contributed by atoms with Crippen LogP contribution in [-0.4, -0.2) is 46.8 Å². The zero-order chi connectivity index (χ0) is 39.6. The third-order valence-electron chi connectivity index (χ3n) is 10.5. The Labute approximate surface area is 325 Å². The normalized spacial score (nSPS) is 19.8. The minimum absolute atomic E-state index is 0.0696. The molecule has 1 amide bonds. The van der Waals surface area contributed by atoms with Crippen molar-refractivity contribution in [2.75, 3.05) is 19.6 Å². The summed E-state index contributed by atoms with van der Waals surface area (Å²) in [4.78, 5) is 14.8. The van der Waals surface area contributed by atoms with Crippen LogP contribution in [0.4, 0.5) is 22.0 Å². The number of nitrogens with one attached hydrogen (secondary N) is 1. The summed E-state index contributed by atoms with van der Waals surface area (Å²) >= 11 is 6.07. The Hall–Kier alpha value is -4.69. The summed E-state index contributed by atoms with van der Waals surface area (Å²) in [5.74, 6) is -12.6. The van der Waals surface area contributed by atoms with Crippen LogP contribution in [0, 0.1) is 29.1 Å². The first-order valence-electron chi connectivity index (χ1n) is 18.1. The molecule has 2 saturated heterocycles. The first-order chi connectivity index (χ1) is 26.9. The van der Waals surface area contributed by atoms with Crippen LogP contribution in [0.25, 0.3) is 11.1 Å². The van der Waals surface area contributed by atoms with Gasteiger partial charge < -0.3 is 29.9 Å². The molecule has 2 heterocycles. The summed E-state index contributed by atoms with van der Waals surface area (Å²) in [6, 6.07) is 29.4. The number of carbonyl (C=O) groups excluding carboxylic acids is 1. The van der Waals surface area contributed by atoms with Crippen molar-refractivity contribution < 1.29 is 46.4 Å². The van der Waals surface area contributed by atoms with Crippen LogP contribution in [0.5, 0.6) is 0 Å². The van der Waals surface area contributed by atoms with Crippen LogP contribution in [0.1, 0.15) is 69.8 Å². The molecular formula is C43H38ClF5N2O5. The lowest BCUT2D eigenvalue weighted by molar-refractivity contribution is -0.253. The molecule has 56 heavy (non-hydrogen) atoms. The molecule has 0 saturated carbocycles. The van der Waals surface area contributed by atoms with Crippen LogP contribution < -0.4 is 5.32 Å². The highest BCUT2D eigenvalue weighted by Gasteiger charge is 2.37. The van der Waals surface area contributed by atoms with Crippen molar-refractivity contribution in [2.24, 2.45) is 0 Å². The second-order valence-electron chi connectivity index (χ2n) is 14.1. The van der Waals surface area contributed by atoms with Gasteiger partial charge in [-0.25, -0.2) is 22.0 Å². The largest absolute Gasteiger partial charge is 0.392 e. The average molecular weight is 793 g/mol. The molecule has 7 nitrogen and oxygen atoms in total. The highest BCUT2D eigenvalue weighted by atomic mass is 35.5. The molecule has 2 aliphatic heterocycles. The second kappa shape index (κ2) is 16.8. The zero-order valence-corrected chi connectivity index (χ0v) is 30.7. The van der Waals surface area contributed by atoms with E-state index in [-0.39, 0.29) is 25.4 Å². The Bertz CT molecular complexity index is 2150. The highest BCUT2D eigenvalue weighted by molar-refractivity contribution is 6.30. The van der Waals surface area contributed by atoms with E-state index in [0.29, 0.717) is 49.5 Å². The number of rotatable bonds is 10. The van der Waals surface area contributed by atoms with Gasteiger partial charge >= 0.3 is 0 Å². The maximum Gasteiger partial charge on any atom is 0.257 e. The molecule has 0 aliphatic carbocycles. The summed E-state index contributed by atoms with van der Waals surface area (Å²) in [6.07, 6.45) is 0.526. The molecule has 0 radical (unpaired) electrons. The van der Waals surface area contributed by atoms with E-state index in [0.717, 1.165) is 33.4 Å². The van der Waals surface area contributed by atoms with Crippen LogP contribution in [0.2, 0.25) is 5.02 Å². The molecule has 3 unspecified atom stereocenters. The second-order valence-corrected chi connectivity index (χ2v) is 14.6. The van der Waals surface area contributed by atoms with Crippen molar-refractivity contribution in [3.63, 3.8) is 0 Å². The number of likely N-dealkylation sites (tertiary alicyclic amines) is 1. The van der Waals surface area contributed by atoms with Gasteiger partial charge in [0.25, 0.3) is 5.91 Å². The topological polar surface area (TPSA) is 91.3 Å². The molecule has 2 fully saturated rings. The minimum atomic E-state index is -2.34. The van der Waals surface area contributed by atoms with Gasteiger partial charge in [-0.15, -0.1) is 0 Å². The summed E-state index contributed by atoms with van der Waals surface area (Å²) in [5, 5.41) is 23.8. The smallest absolute Gasteiger partial charge is 0.257 e. The van der Waals surface area contributed by atoms with Crippen LogP contribution in [-0.2, 0) is 28.2 Å². The molecule has 3 atom stereocenters. The fraction of sp³-hybridized carbons (Fsp3) is 0.279. The third kappa shape index (κ3) is 8.51. The van der Waals surface area contributed by atoms with Gasteiger partial charge in [0.2, 0.25) is 5.82 Å². The van der Waals surface area contributed by atoms with Gasteiger partial charge in [0.15, 0.2) is 29.6 Å². The van der Waals surface area contributed by atoms with E-state index in [9.17, 15) is 37.0 Å². The van der Waals surface area contributed by atoms with Crippen LogP contribution in [0.15, 0.2) is 97.1 Å². The third-order valence-corrected chi connectivity index (χ3v) is 10.7. The summed E-state index contributed by atoms with van der Waals surface area (Å²) in [6.45, 7) is 1.67. The van der Waals surface area contributed by atoms with Gasteiger partial charge in [-0.2, -0.15) is 0 Å². The fourth-order valence-corrected chi connectivity index (χ4v) is 7.37. The molecule has 5 aromatic rings. The van der Waals surface area contributed by atoms with Gasteiger partial charge in [0.05, 0.1) is 24.4 Å². The van der Waals surface area contributed by atoms with E-state index in [1.165, 1.54) is 0 Å². The quantitative estimate of drug-likeness (QED) is 0.0746. The monoisotopic (exact) mass is 792 g/mol. The number of hydrogen-bond acceptors (Lipinski definition) is 6. The van der Waals surface area contributed by atoms with Crippen molar-refractivity contribution in [3.8, 4) is 11.1 Å². The van der Waals surface area contributed by atoms with Crippen molar-refractivity contribution in [1.29, 1.82) is 0 Å². The lowest BCUT2D eigenvalue weighted by atomic mass is 9.84. The number of ether oxygens (including phenoxy) is 2. The molecule has 13 heteroatoms. The molecule has 5 aromatic carbocycles. The molecular weight excluding hydrogens is 755 g/mol. The van der Waals surface area contributed by atoms with Gasteiger partial charge in [0, 0.05) is 43.2 Å². The van der Waals surface area contributed by atoms with Gasteiger partial charge in [-0.3, -0.25) is 4.79 Å². The Morgan fingerprint density at radius 1 is 0.768 bits per heavy atom. The van der Waals surface area contributed by atoms with Crippen molar-refractivity contribution in [3.05, 3.63) is 165 Å². The molecule has 292 valence electrons. The standard InChI is InChI=1S/C43H38ClF5N2O5/c44-32-14-12-31(13-15-32)43(54)16-18-51(19-17-43)23-33-21-34(28-6-4-25(24-52)5-7-28)56-42(55-33)29-10-8-27(9-11-29)30-3-1-2-26(20-30)22-50-41(53)35-36(45)38(47)40(49)39(48)37(35)46/h1-15,20,33-34,42,52,54H,16-19,21-24H2,(H,50,53). The first kappa shape index (κ1) is 39.5. The number of hydrogen-bond donors (Lipinski definition) is 3. The Kier molecular flexibility index (Phi) is 11.9. The average Bonchev–Trinajstić information content (AvgIpc) is 3.22. The molecule has 7 rings (SSSR count). The van der Waals surface area contributed by atoms with Gasteiger partial charge in [-0.1, -0.05) is 90.5 Å². The number of halogens is 6. The van der Waals surface area contributed by atoms with E-state index >= 15 is 0 Å². The lowest BCUT2D eigenvalue weighted by Crippen LogP contribution is -2.46.